The Kier molecular flexibility index (Phi) is 5.11. The highest BCUT2D eigenvalue weighted by Gasteiger charge is 2.34. The molecule has 2 aromatic rings. The van der Waals surface area contributed by atoms with Gasteiger partial charge in [-0.15, -0.1) is 0 Å². The van der Waals surface area contributed by atoms with Crippen molar-refractivity contribution < 1.29 is 18.0 Å². The maximum atomic E-state index is 12.8. The fraction of sp³-hybridized carbons (Fsp3) is 0.389. The van der Waals surface area contributed by atoms with Crippen LogP contribution in [0.5, 0.6) is 0 Å². The normalized spacial score (nSPS) is 15.8. The molecule has 0 atom stereocenters. The van der Waals surface area contributed by atoms with Crippen LogP contribution >= 0.6 is 0 Å². The molecule has 0 aliphatic carbocycles. The monoisotopic (exact) mass is 364 g/mol. The first-order valence-electron chi connectivity index (χ1n) is 8.35. The fourth-order valence-electron chi connectivity index (χ4n) is 2.97. The highest BCUT2D eigenvalue weighted by Crippen LogP contribution is 2.29. The second kappa shape index (κ2) is 7.31. The summed E-state index contributed by atoms with van der Waals surface area (Å²) >= 11 is 0. The summed E-state index contributed by atoms with van der Waals surface area (Å²) in [5.74, 6) is -0.199. The molecule has 1 amide bonds. The number of hydrogen-bond acceptors (Lipinski definition) is 4. The zero-order valence-electron chi connectivity index (χ0n) is 14.3. The van der Waals surface area contributed by atoms with Gasteiger partial charge in [-0.3, -0.25) is 4.79 Å². The molecule has 1 aromatic carbocycles. The molecule has 3 rings (SSSR count). The molecule has 5 nitrogen and oxygen atoms in total. The van der Waals surface area contributed by atoms with Crippen molar-refractivity contribution in [2.45, 2.75) is 25.9 Å². The summed E-state index contributed by atoms with van der Waals surface area (Å²) in [4.78, 5) is 21.6. The number of anilines is 2. The van der Waals surface area contributed by atoms with Crippen LogP contribution in [0.25, 0.3) is 0 Å². The molecule has 0 radical (unpaired) electrons. The van der Waals surface area contributed by atoms with Crippen LogP contribution in [0.15, 0.2) is 36.5 Å². The molecule has 1 aliphatic rings. The average Bonchev–Trinajstić information content (AvgIpc) is 2.61. The van der Waals surface area contributed by atoms with Crippen molar-refractivity contribution in [3.8, 4) is 0 Å². The minimum atomic E-state index is -4.50. The number of piperidine rings is 1. The molecule has 1 aromatic heterocycles. The quantitative estimate of drug-likeness (QED) is 0.903. The van der Waals surface area contributed by atoms with Gasteiger partial charge in [-0.1, -0.05) is 12.1 Å². The molecule has 1 saturated heterocycles. The van der Waals surface area contributed by atoms with Crippen LogP contribution in [0.4, 0.5) is 24.8 Å². The highest BCUT2D eigenvalue weighted by molar-refractivity contribution is 5.92. The van der Waals surface area contributed by atoms with E-state index in [2.05, 4.69) is 15.3 Å². The smallest absolute Gasteiger partial charge is 0.341 e. The van der Waals surface area contributed by atoms with Crippen molar-refractivity contribution in [3.63, 3.8) is 0 Å². The van der Waals surface area contributed by atoms with Gasteiger partial charge in [-0.2, -0.15) is 13.2 Å². The van der Waals surface area contributed by atoms with Gasteiger partial charge >= 0.3 is 6.18 Å². The highest BCUT2D eigenvalue weighted by atomic mass is 19.4. The summed E-state index contributed by atoms with van der Waals surface area (Å²) in [5, 5.41) is 2.90. The molecule has 2 heterocycles. The van der Waals surface area contributed by atoms with Gasteiger partial charge in [0, 0.05) is 30.9 Å². The molecule has 0 saturated carbocycles. The number of carbonyl (C=O) groups is 1. The van der Waals surface area contributed by atoms with E-state index in [1.54, 1.807) is 4.90 Å². The average molecular weight is 364 g/mol. The Hall–Kier alpha value is -2.64. The summed E-state index contributed by atoms with van der Waals surface area (Å²) in [7, 11) is 0. The first-order valence-corrected chi connectivity index (χ1v) is 8.35. The van der Waals surface area contributed by atoms with E-state index < -0.39 is 11.9 Å². The molecule has 1 fully saturated rings. The van der Waals surface area contributed by atoms with Crippen LogP contribution in [0.3, 0.4) is 0 Å². The van der Waals surface area contributed by atoms with Crippen molar-refractivity contribution in [1.29, 1.82) is 0 Å². The van der Waals surface area contributed by atoms with E-state index in [1.165, 1.54) is 0 Å². The number of hydrogen-bond donors (Lipinski definition) is 1. The zero-order chi connectivity index (χ0) is 18.7. The van der Waals surface area contributed by atoms with Gasteiger partial charge in [-0.05, 0) is 43.5 Å². The molecule has 138 valence electrons. The molecule has 0 bridgehead atoms. The van der Waals surface area contributed by atoms with Crippen molar-refractivity contribution in [3.05, 3.63) is 47.8 Å². The summed E-state index contributed by atoms with van der Waals surface area (Å²) in [6, 6.07) is 8.40. The molecular formula is C18H19F3N4O. The van der Waals surface area contributed by atoms with Gasteiger partial charge in [-0.25, -0.2) is 9.97 Å². The summed E-state index contributed by atoms with van der Waals surface area (Å²) in [6.45, 7) is 2.82. The maximum absolute atomic E-state index is 12.8. The van der Waals surface area contributed by atoms with Crippen LogP contribution in [0.2, 0.25) is 0 Å². The number of aryl methyl sites for hydroxylation is 1. The predicted molar refractivity (Wildman–Crippen MR) is 91.8 cm³/mol. The fourth-order valence-corrected chi connectivity index (χ4v) is 2.97. The van der Waals surface area contributed by atoms with Crippen molar-refractivity contribution in [1.82, 2.24) is 9.97 Å². The van der Waals surface area contributed by atoms with Gasteiger partial charge in [0.1, 0.15) is 5.69 Å². The standard InChI is InChI=1S/C18H19F3N4O/c1-12-3-2-4-14(11-12)23-16(26)13-6-9-25(10-7-13)17-22-8-5-15(24-17)18(19,20)21/h2-5,8,11,13H,6-7,9-10H2,1H3,(H,23,26). The lowest BCUT2D eigenvalue weighted by Crippen LogP contribution is -2.39. The van der Waals surface area contributed by atoms with E-state index in [0.29, 0.717) is 25.9 Å². The third kappa shape index (κ3) is 4.30. The number of alkyl halides is 3. The Morgan fingerprint density at radius 2 is 1.96 bits per heavy atom. The Labute approximate surface area is 149 Å². The van der Waals surface area contributed by atoms with Crippen LogP contribution in [0, 0.1) is 12.8 Å². The molecule has 1 N–H and O–H groups in total. The van der Waals surface area contributed by atoms with Crippen LogP contribution in [-0.4, -0.2) is 29.0 Å². The zero-order valence-corrected chi connectivity index (χ0v) is 14.3. The van der Waals surface area contributed by atoms with Crippen LogP contribution in [-0.2, 0) is 11.0 Å². The third-order valence-corrected chi connectivity index (χ3v) is 4.37. The maximum Gasteiger partial charge on any atom is 0.433 e. The number of nitrogens with one attached hydrogen (secondary N) is 1. The van der Waals surface area contributed by atoms with Crippen LogP contribution < -0.4 is 10.2 Å². The molecule has 26 heavy (non-hydrogen) atoms. The molecule has 0 spiro atoms. The summed E-state index contributed by atoms with van der Waals surface area (Å²) in [6.07, 6.45) is -2.31. The van der Waals surface area contributed by atoms with Crippen molar-refractivity contribution in [2.24, 2.45) is 5.92 Å². The topological polar surface area (TPSA) is 58.1 Å². The lowest BCUT2D eigenvalue weighted by atomic mass is 9.96. The van der Waals surface area contributed by atoms with E-state index >= 15 is 0 Å². The van der Waals surface area contributed by atoms with E-state index in [4.69, 9.17) is 0 Å². The largest absolute Gasteiger partial charge is 0.433 e. The van der Waals surface area contributed by atoms with E-state index in [0.717, 1.165) is 23.5 Å². The Balaban J connectivity index is 1.60. The molecule has 8 heteroatoms. The lowest BCUT2D eigenvalue weighted by molar-refractivity contribution is -0.141. The lowest BCUT2D eigenvalue weighted by Gasteiger charge is -2.31. The number of nitrogens with zero attached hydrogens (tertiary/aromatic N) is 3. The number of carbonyl (C=O) groups excluding carboxylic acids is 1. The first kappa shape index (κ1) is 18.2. The van der Waals surface area contributed by atoms with Crippen molar-refractivity contribution >= 4 is 17.5 Å². The number of halogens is 3. The molecule has 0 unspecified atom stereocenters. The molecular weight excluding hydrogens is 345 g/mol. The predicted octanol–water partition coefficient (Wildman–Crippen LogP) is 3.66. The third-order valence-electron chi connectivity index (χ3n) is 4.37. The Morgan fingerprint density at radius 3 is 2.62 bits per heavy atom. The van der Waals surface area contributed by atoms with Gasteiger partial charge in [0.25, 0.3) is 0 Å². The van der Waals surface area contributed by atoms with Crippen LogP contribution in [0.1, 0.15) is 24.1 Å². The van der Waals surface area contributed by atoms with Gasteiger partial charge in [0.05, 0.1) is 0 Å². The van der Waals surface area contributed by atoms with E-state index in [1.807, 2.05) is 31.2 Å². The number of aromatic nitrogens is 2. The summed E-state index contributed by atoms with van der Waals surface area (Å²) in [5.41, 5.74) is 0.847. The summed E-state index contributed by atoms with van der Waals surface area (Å²) < 4.78 is 38.3. The molecule has 1 aliphatic heterocycles. The number of rotatable bonds is 3. The van der Waals surface area contributed by atoms with E-state index in [-0.39, 0.29) is 17.8 Å². The number of benzene rings is 1. The minimum Gasteiger partial charge on any atom is -0.341 e. The second-order valence-electron chi connectivity index (χ2n) is 6.36. The van der Waals surface area contributed by atoms with Gasteiger partial charge < -0.3 is 10.2 Å². The Morgan fingerprint density at radius 1 is 1.23 bits per heavy atom. The minimum absolute atomic E-state index is 0.0531. The van der Waals surface area contributed by atoms with Crippen molar-refractivity contribution in [2.75, 3.05) is 23.3 Å². The van der Waals surface area contributed by atoms with Gasteiger partial charge in [0.15, 0.2) is 0 Å². The number of amides is 1. The SMILES string of the molecule is Cc1cccc(NC(=O)C2CCN(c3nccc(C(F)(F)F)n3)CC2)c1. The second-order valence-corrected chi connectivity index (χ2v) is 6.36. The van der Waals surface area contributed by atoms with E-state index in [9.17, 15) is 18.0 Å². The first-order chi connectivity index (χ1) is 12.3. The Bertz CT molecular complexity index is 786. The van der Waals surface area contributed by atoms with Gasteiger partial charge in [0.2, 0.25) is 11.9 Å².